The van der Waals surface area contributed by atoms with E-state index < -0.39 is 5.54 Å². The third kappa shape index (κ3) is 3.53. The van der Waals surface area contributed by atoms with Crippen molar-refractivity contribution in [3.05, 3.63) is 0 Å². The average Bonchev–Trinajstić information content (AvgIpc) is 3.30. The van der Waals surface area contributed by atoms with Crippen LogP contribution in [0, 0.1) is 0 Å². The highest BCUT2D eigenvalue weighted by atomic mass is 16.6. The van der Waals surface area contributed by atoms with Gasteiger partial charge < -0.3 is 19.1 Å². The summed E-state index contributed by atoms with van der Waals surface area (Å²) in [5.41, 5.74) is -0.829. The van der Waals surface area contributed by atoms with E-state index >= 15 is 0 Å². The summed E-state index contributed by atoms with van der Waals surface area (Å²) < 4.78 is 16.2. The number of carbonyl (C=O) groups is 2. The van der Waals surface area contributed by atoms with Gasteiger partial charge in [0.2, 0.25) is 0 Å². The van der Waals surface area contributed by atoms with Crippen molar-refractivity contribution in [1.29, 1.82) is 0 Å². The van der Waals surface area contributed by atoms with Crippen LogP contribution in [-0.4, -0.2) is 67.1 Å². The van der Waals surface area contributed by atoms with Crippen molar-refractivity contribution < 1.29 is 23.8 Å². The summed E-state index contributed by atoms with van der Waals surface area (Å²) in [6.45, 7) is 6.00. The van der Waals surface area contributed by atoms with Gasteiger partial charge in [-0.15, -0.1) is 0 Å². The zero-order valence-electron chi connectivity index (χ0n) is 12.5. The molecule has 0 bridgehead atoms. The van der Waals surface area contributed by atoms with E-state index in [9.17, 15) is 9.59 Å². The minimum absolute atomic E-state index is 0.102. The van der Waals surface area contributed by atoms with Crippen LogP contribution in [0.4, 0.5) is 4.79 Å². The summed E-state index contributed by atoms with van der Waals surface area (Å²) >= 11 is 0. The first-order valence-corrected chi connectivity index (χ1v) is 7.44. The minimum atomic E-state index is -0.829. The molecule has 3 fully saturated rings. The lowest BCUT2D eigenvalue weighted by Gasteiger charge is -2.31. The van der Waals surface area contributed by atoms with Crippen LogP contribution in [0.3, 0.4) is 0 Å². The number of carbonyl (C=O) groups excluding carboxylic acids is 2. The number of hydrogen-bond donors (Lipinski definition) is 1. The van der Waals surface area contributed by atoms with Crippen molar-refractivity contribution in [3.63, 3.8) is 0 Å². The van der Waals surface area contributed by atoms with Gasteiger partial charge in [-0.1, -0.05) is 0 Å². The molecule has 0 spiro atoms. The van der Waals surface area contributed by atoms with Crippen LogP contribution in [0.25, 0.3) is 0 Å². The molecule has 3 atom stereocenters. The number of hydrogen-bond acceptors (Lipinski definition) is 5. The van der Waals surface area contributed by atoms with Gasteiger partial charge in [-0.05, 0) is 26.7 Å². The van der Waals surface area contributed by atoms with Gasteiger partial charge in [0.1, 0.15) is 11.6 Å². The van der Waals surface area contributed by atoms with Crippen LogP contribution in [0.5, 0.6) is 0 Å². The van der Waals surface area contributed by atoms with Gasteiger partial charge in [0.15, 0.2) is 0 Å². The SMILES string of the molecule is CC1(C)C(=O)NC(=O)N1CC(CCC1CO1)OCC1CO1. The van der Waals surface area contributed by atoms with Crippen LogP contribution < -0.4 is 5.32 Å². The molecule has 3 aliphatic heterocycles. The Morgan fingerprint density at radius 3 is 2.52 bits per heavy atom. The predicted octanol–water partition coefficient (Wildman–Crippen LogP) is 0.280. The number of ether oxygens (including phenoxy) is 3. The summed E-state index contributed by atoms with van der Waals surface area (Å²) in [7, 11) is 0. The van der Waals surface area contributed by atoms with E-state index in [4.69, 9.17) is 14.2 Å². The first kappa shape index (κ1) is 14.7. The second kappa shape index (κ2) is 5.55. The van der Waals surface area contributed by atoms with E-state index in [1.807, 2.05) is 0 Å². The molecule has 3 amide bonds. The quantitative estimate of drug-likeness (QED) is 0.514. The highest BCUT2D eigenvalue weighted by Crippen LogP contribution is 2.25. The fourth-order valence-electron chi connectivity index (χ4n) is 2.45. The number of amides is 3. The van der Waals surface area contributed by atoms with Gasteiger partial charge in [-0.25, -0.2) is 4.79 Å². The van der Waals surface area contributed by atoms with Gasteiger partial charge in [0.05, 0.1) is 32.0 Å². The summed E-state index contributed by atoms with van der Waals surface area (Å²) in [4.78, 5) is 25.3. The summed E-state index contributed by atoms with van der Waals surface area (Å²) in [6.07, 6.45) is 2.14. The largest absolute Gasteiger partial charge is 0.374 e. The number of rotatable bonds is 8. The lowest BCUT2D eigenvalue weighted by molar-refractivity contribution is -0.125. The zero-order chi connectivity index (χ0) is 15.0. The summed E-state index contributed by atoms with van der Waals surface area (Å²) in [5.74, 6) is -0.262. The molecule has 0 radical (unpaired) electrons. The van der Waals surface area contributed by atoms with E-state index in [1.165, 1.54) is 0 Å². The van der Waals surface area contributed by atoms with E-state index in [-0.39, 0.29) is 24.1 Å². The van der Waals surface area contributed by atoms with Crippen LogP contribution in [0.1, 0.15) is 26.7 Å². The number of nitrogens with zero attached hydrogens (tertiary/aromatic N) is 1. The molecule has 1 N–H and O–H groups in total. The first-order valence-electron chi connectivity index (χ1n) is 7.44. The minimum Gasteiger partial charge on any atom is -0.374 e. The lowest BCUT2D eigenvalue weighted by Crippen LogP contribution is -2.48. The highest BCUT2D eigenvalue weighted by molar-refractivity contribution is 6.06. The molecule has 0 aromatic rings. The van der Waals surface area contributed by atoms with Crippen molar-refractivity contribution in [2.75, 3.05) is 26.4 Å². The molecule has 0 aromatic heterocycles. The molecule has 21 heavy (non-hydrogen) atoms. The maximum absolute atomic E-state index is 11.9. The molecular formula is C14H22N2O5. The van der Waals surface area contributed by atoms with Crippen LogP contribution in [0.2, 0.25) is 0 Å². The fourth-order valence-corrected chi connectivity index (χ4v) is 2.45. The molecule has 118 valence electrons. The molecule has 3 aliphatic rings. The Hall–Kier alpha value is -1.18. The molecule has 3 rings (SSSR count). The van der Waals surface area contributed by atoms with Gasteiger partial charge >= 0.3 is 6.03 Å². The van der Waals surface area contributed by atoms with Crippen molar-refractivity contribution in [1.82, 2.24) is 10.2 Å². The lowest BCUT2D eigenvalue weighted by atomic mass is 10.0. The van der Waals surface area contributed by atoms with Crippen LogP contribution in [0.15, 0.2) is 0 Å². The number of epoxide rings is 2. The number of urea groups is 1. The number of nitrogens with one attached hydrogen (secondary N) is 1. The Labute approximate surface area is 123 Å². The van der Waals surface area contributed by atoms with E-state index in [0.29, 0.717) is 19.3 Å². The Kier molecular flexibility index (Phi) is 3.90. The summed E-state index contributed by atoms with van der Waals surface area (Å²) in [6, 6.07) is -0.344. The number of imide groups is 1. The molecule has 0 aromatic carbocycles. The molecule has 0 aliphatic carbocycles. The molecule has 7 heteroatoms. The van der Waals surface area contributed by atoms with Crippen molar-refractivity contribution in [2.24, 2.45) is 0 Å². The molecule has 3 unspecified atom stereocenters. The van der Waals surface area contributed by atoms with Gasteiger partial charge in [-0.3, -0.25) is 10.1 Å². The third-order valence-corrected chi connectivity index (χ3v) is 4.22. The van der Waals surface area contributed by atoms with E-state index in [2.05, 4.69) is 5.32 Å². The zero-order valence-corrected chi connectivity index (χ0v) is 12.5. The smallest absolute Gasteiger partial charge is 0.325 e. The average molecular weight is 298 g/mol. The molecule has 3 heterocycles. The Morgan fingerprint density at radius 2 is 2.00 bits per heavy atom. The van der Waals surface area contributed by atoms with Crippen LogP contribution in [-0.2, 0) is 19.0 Å². The standard InChI is InChI=1S/C14H22N2O5/c1-14(2)12(17)15-13(18)16(14)5-9(3-4-10-6-20-10)19-7-11-8-21-11/h9-11H,3-8H2,1-2H3,(H,15,17,18). The van der Waals surface area contributed by atoms with Gasteiger partial charge in [0, 0.05) is 6.54 Å². The van der Waals surface area contributed by atoms with Crippen LogP contribution >= 0.6 is 0 Å². The second-order valence-electron chi connectivity index (χ2n) is 6.37. The maximum atomic E-state index is 11.9. The third-order valence-electron chi connectivity index (χ3n) is 4.22. The topological polar surface area (TPSA) is 83.7 Å². The highest BCUT2D eigenvalue weighted by Gasteiger charge is 2.46. The second-order valence-corrected chi connectivity index (χ2v) is 6.37. The van der Waals surface area contributed by atoms with E-state index in [0.717, 1.165) is 26.1 Å². The Morgan fingerprint density at radius 1 is 1.33 bits per heavy atom. The van der Waals surface area contributed by atoms with Crippen molar-refractivity contribution in [2.45, 2.75) is 50.5 Å². The van der Waals surface area contributed by atoms with Crippen molar-refractivity contribution in [3.8, 4) is 0 Å². The van der Waals surface area contributed by atoms with Gasteiger partial charge in [0.25, 0.3) is 5.91 Å². The van der Waals surface area contributed by atoms with Crippen molar-refractivity contribution >= 4 is 11.9 Å². The normalized spacial score (nSPS) is 31.2. The fraction of sp³-hybridized carbons (Fsp3) is 0.857. The maximum Gasteiger partial charge on any atom is 0.325 e. The Balaban J connectivity index is 1.57. The monoisotopic (exact) mass is 298 g/mol. The van der Waals surface area contributed by atoms with Gasteiger partial charge in [-0.2, -0.15) is 0 Å². The summed E-state index contributed by atoms with van der Waals surface area (Å²) in [5, 5.41) is 2.36. The molecule has 0 saturated carbocycles. The first-order chi connectivity index (χ1) is 9.96. The molecular weight excluding hydrogens is 276 g/mol. The Bertz CT molecular complexity index is 415. The molecule has 7 nitrogen and oxygen atoms in total. The molecule has 3 saturated heterocycles. The van der Waals surface area contributed by atoms with E-state index in [1.54, 1.807) is 18.7 Å². The predicted molar refractivity (Wildman–Crippen MR) is 72.8 cm³/mol.